The van der Waals surface area contributed by atoms with E-state index in [1.807, 2.05) is 6.92 Å². The number of anilines is 2. The van der Waals surface area contributed by atoms with Gasteiger partial charge in [0.1, 0.15) is 11.5 Å². The van der Waals surface area contributed by atoms with E-state index in [0.717, 1.165) is 5.56 Å². The third-order valence-electron chi connectivity index (χ3n) is 3.38. The van der Waals surface area contributed by atoms with Crippen molar-refractivity contribution in [1.29, 1.82) is 0 Å². The second kappa shape index (κ2) is 8.13. The van der Waals surface area contributed by atoms with Crippen LogP contribution in [0.3, 0.4) is 0 Å². The van der Waals surface area contributed by atoms with Crippen LogP contribution in [0.4, 0.5) is 11.4 Å². The Balaban J connectivity index is 2.06. The predicted octanol–water partition coefficient (Wildman–Crippen LogP) is 4.37. The summed E-state index contributed by atoms with van der Waals surface area (Å²) in [6.45, 7) is 1.94. The summed E-state index contributed by atoms with van der Waals surface area (Å²) in [5.74, 6) is 0.821. The van der Waals surface area contributed by atoms with Crippen molar-refractivity contribution in [2.24, 2.45) is 0 Å². The molecule has 1 amide bonds. The van der Waals surface area contributed by atoms with Crippen LogP contribution in [0, 0.1) is 6.92 Å². The number of nitrogens with one attached hydrogen (secondary N) is 2. The Morgan fingerprint density at radius 3 is 2.38 bits per heavy atom. The first kappa shape index (κ1) is 18.2. The normalized spacial score (nSPS) is 10.2. The van der Waals surface area contributed by atoms with Gasteiger partial charge in [0.2, 0.25) is 5.91 Å². The van der Waals surface area contributed by atoms with Crippen LogP contribution in [0.1, 0.15) is 5.56 Å². The fourth-order valence-electron chi connectivity index (χ4n) is 2.14. The number of carbonyl (C=O) groups excluding carboxylic acids is 1. The summed E-state index contributed by atoms with van der Waals surface area (Å²) in [6.07, 6.45) is 0. The van der Waals surface area contributed by atoms with Gasteiger partial charge in [0.15, 0.2) is 0 Å². The number of rotatable bonds is 6. The molecule has 128 valence electrons. The fourth-order valence-corrected chi connectivity index (χ4v) is 2.59. The third kappa shape index (κ3) is 4.46. The van der Waals surface area contributed by atoms with E-state index < -0.39 is 0 Å². The summed E-state index contributed by atoms with van der Waals surface area (Å²) in [5, 5.41) is 6.90. The molecule has 2 aromatic carbocycles. The largest absolute Gasteiger partial charge is 0.495 e. The first-order chi connectivity index (χ1) is 11.4. The summed E-state index contributed by atoms with van der Waals surface area (Å²) in [6, 6.07) is 8.59. The molecule has 0 fully saturated rings. The average Bonchev–Trinajstić information content (AvgIpc) is 2.55. The van der Waals surface area contributed by atoms with Crippen LogP contribution in [-0.2, 0) is 4.79 Å². The van der Waals surface area contributed by atoms with Gasteiger partial charge in [-0.25, -0.2) is 0 Å². The van der Waals surface area contributed by atoms with E-state index >= 15 is 0 Å². The fraction of sp³-hybridized carbons (Fsp3) is 0.235. The van der Waals surface area contributed by atoms with Crippen LogP contribution >= 0.6 is 23.2 Å². The summed E-state index contributed by atoms with van der Waals surface area (Å²) in [7, 11) is 3.05. The number of hydrogen-bond donors (Lipinski definition) is 2. The van der Waals surface area contributed by atoms with Crippen molar-refractivity contribution in [2.45, 2.75) is 6.92 Å². The van der Waals surface area contributed by atoms with E-state index in [1.54, 1.807) is 30.3 Å². The summed E-state index contributed by atoms with van der Waals surface area (Å²) in [5.41, 5.74) is 2.22. The van der Waals surface area contributed by atoms with Gasteiger partial charge in [0.25, 0.3) is 0 Å². The van der Waals surface area contributed by atoms with Crippen molar-refractivity contribution in [3.8, 4) is 11.5 Å². The molecule has 0 aliphatic carbocycles. The molecule has 0 unspecified atom stereocenters. The number of halogens is 2. The Bertz CT molecular complexity index is 751. The van der Waals surface area contributed by atoms with Crippen molar-refractivity contribution in [1.82, 2.24) is 0 Å². The van der Waals surface area contributed by atoms with Crippen molar-refractivity contribution < 1.29 is 14.3 Å². The van der Waals surface area contributed by atoms with Crippen molar-refractivity contribution in [3.63, 3.8) is 0 Å². The maximum absolute atomic E-state index is 12.1. The predicted molar refractivity (Wildman–Crippen MR) is 97.9 cm³/mol. The molecular weight excluding hydrogens is 351 g/mol. The summed E-state index contributed by atoms with van der Waals surface area (Å²) in [4.78, 5) is 12.1. The third-order valence-corrected chi connectivity index (χ3v) is 3.91. The lowest BCUT2D eigenvalue weighted by Crippen LogP contribution is -2.22. The monoisotopic (exact) mass is 368 g/mol. The number of hydrogen-bond acceptors (Lipinski definition) is 4. The summed E-state index contributed by atoms with van der Waals surface area (Å²) >= 11 is 12.0. The van der Waals surface area contributed by atoms with E-state index in [2.05, 4.69) is 10.6 Å². The van der Waals surface area contributed by atoms with Gasteiger partial charge < -0.3 is 20.1 Å². The number of ether oxygens (including phenoxy) is 2. The maximum Gasteiger partial charge on any atom is 0.243 e. The Labute approximate surface area is 150 Å². The van der Waals surface area contributed by atoms with Gasteiger partial charge in [-0.05, 0) is 30.7 Å². The smallest absolute Gasteiger partial charge is 0.243 e. The highest BCUT2D eigenvalue weighted by molar-refractivity contribution is 6.32. The zero-order valence-corrected chi connectivity index (χ0v) is 15.1. The van der Waals surface area contributed by atoms with Crippen molar-refractivity contribution in [3.05, 3.63) is 45.9 Å². The Morgan fingerprint density at radius 2 is 1.75 bits per heavy atom. The van der Waals surface area contributed by atoms with Crippen LogP contribution in [0.2, 0.25) is 10.0 Å². The van der Waals surface area contributed by atoms with E-state index in [9.17, 15) is 4.79 Å². The molecule has 0 saturated heterocycles. The van der Waals surface area contributed by atoms with Gasteiger partial charge in [0, 0.05) is 22.8 Å². The first-order valence-corrected chi connectivity index (χ1v) is 7.91. The van der Waals surface area contributed by atoms with E-state index in [-0.39, 0.29) is 12.5 Å². The average molecular weight is 369 g/mol. The van der Waals surface area contributed by atoms with Crippen LogP contribution in [0.15, 0.2) is 30.3 Å². The minimum absolute atomic E-state index is 0.0587. The van der Waals surface area contributed by atoms with Gasteiger partial charge >= 0.3 is 0 Å². The lowest BCUT2D eigenvalue weighted by Gasteiger charge is -2.14. The molecule has 0 radical (unpaired) electrons. The standard InChI is InChI=1S/C17H18Cl2N2O3/c1-10-6-11(18)4-5-13(10)21-17(22)9-20-14-8-15(23-2)12(19)7-16(14)24-3/h4-8,20H,9H2,1-3H3,(H,21,22). The van der Waals surface area contributed by atoms with E-state index in [1.165, 1.54) is 14.2 Å². The lowest BCUT2D eigenvalue weighted by atomic mass is 10.2. The zero-order valence-electron chi connectivity index (χ0n) is 13.6. The highest BCUT2D eigenvalue weighted by atomic mass is 35.5. The number of methoxy groups -OCH3 is 2. The van der Waals surface area contributed by atoms with Crippen molar-refractivity contribution in [2.75, 3.05) is 31.4 Å². The van der Waals surface area contributed by atoms with Crippen LogP contribution in [0.5, 0.6) is 11.5 Å². The van der Waals surface area contributed by atoms with Gasteiger partial charge in [-0.2, -0.15) is 0 Å². The Morgan fingerprint density at radius 1 is 1.04 bits per heavy atom. The molecule has 2 aromatic rings. The topological polar surface area (TPSA) is 59.6 Å². The minimum Gasteiger partial charge on any atom is -0.495 e. The molecule has 0 bridgehead atoms. The van der Waals surface area contributed by atoms with Gasteiger partial charge in [0.05, 0.1) is 31.5 Å². The van der Waals surface area contributed by atoms with Crippen LogP contribution in [0.25, 0.3) is 0 Å². The molecule has 0 atom stereocenters. The molecule has 0 aromatic heterocycles. The highest BCUT2D eigenvalue weighted by Crippen LogP contribution is 2.35. The van der Waals surface area contributed by atoms with Gasteiger partial charge in [-0.1, -0.05) is 23.2 Å². The van der Waals surface area contributed by atoms with E-state index in [4.69, 9.17) is 32.7 Å². The molecule has 24 heavy (non-hydrogen) atoms. The number of carbonyl (C=O) groups is 1. The quantitative estimate of drug-likeness (QED) is 0.794. The second-order valence-electron chi connectivity index (χ2n) is 5.05. The Hall–Kier alpha value is -2.11. The SMILES string of the molecule is COc1cc(NCC(=O)Nc2ccc(Cl)cc2C)c(OC)cc1Cl. The Kier molecular flexibility index (Phi) is 6.17. The molecule has 0 spiro atoms. The van der Waals surface area contributed by atoms with E-state index in [0.29, 0.717) is 32.9 Å². The van der Waals surface area contributed by atoms with Crippen molar-refractivity contribution >= 4 is 40.5 Å². The molecule has 0 aliphatic heterocycles. The van der Waals surface area contributed by atoms with Gasteiger partial charge in [-0.3, -0.25) is 4.79 Å². The molecule has 2 rings (SSSR count). The zero-order chi connectivity index (χ0) is 17.7. The molecule has 5 nitrogen and oxygen atoms in total. The molecule has 0 aliphatic rings. The molecule has 0 saturated carbocycles. The minimum atomic E-state index is -0.198. The second-order valence-corrected chi connectivity index (χ2v) is 5.89. The van der Waals surface area contributed by atoms with Crippen LogP contribution in [-0.4, -0.2) is 26.7 Å². The summed E-state index contributed by atoms with van der Waals surface area (Å²) < 4.78 is 10.4. The number of amides is 1. The molecule has 0 heterocycles. The molecule has 2 N–H and O–H groups in total. The lowest BCUT2D eigenvalue weighted by molar-refractivity contribution is -0.114. The maximum atomic E-state index is 12.1. The molecular formula is C17H18Cl2N2O3. The molecule has 7 heteroatoms. The first-order valence-electron chi connectivity index (χ1n) is 7.16. The van der Waals surface area contributed by atoms with Crippen LogP contribution < -0.4 is 20.1 Å². The number of benzene rings is 2. The highest BCUT2D eigenvalue weighted by Gasteiger charge is 2.11. The number of aryl methyl sites for hydroxylation is 1. The van der Waals surface area contributed by atoms with Gasteiger partial charge in [-0.15, -0.1) is 0 Å².